The van der Waals surface area contributed by atoms with Crippen molar-refractivity contribution in [2.45, 2.75) is 6.18 Å². The minimum Gasteiger partial charge on any atom is -0.493 e. The average Bonchev–Trinajstić information content (AvgIpc) is 2.58. The van der Waals surface area contributed by atoms with Gasteiger partial charge in [-0.15, -0.1) is 0 Å². The molecule has 0 atom stereocenters. The van der Waals surface area contributed by atoms with Gasteiger partial charge in [-0.2, -0.15) is 13.2 Å². The van der Waals surface area contributed by atoms with Crippen molar-refractivity contribution in [2.75, 3.05) is 25.6 Å². The number of benzene rings is 2. The van der Waals surface area contributed by atoms with Gasteiger partial charge in [0.2, 0.25) is 0 Å². The number of methoxy groups -OCH3 is 1. The van der Waals surface area contributed by atoms with Gasteiger partial charge in [0.25, 0.3) is 0 Å². The summed E-state index contributed by atoms with van der Waals surface area (Å²) in [5.41, 5.74) is -0.238. The van der Waals surface area contributed by atoms with Crippen LogP contribution < -0.4 is 20.1 Å². The van der Waals surface area contributed by atoms with E-state index in [2.05, 4.69) is 10.6 Å². The fourth-order valence-corrected chi connectivity index (χ4v) is 2.20. The van der Waals surface area contributed by atoms with Crippen molar-refractivity contribution in [3.63, 3.8) is 0 Å². The highest BCUT2D eigenvalue weighted by Crippen LogP contribution is 2.29. The maximum atomic E-state index is 12.5. The fraction of sp³-hybridized carbons (Fsp3) is 0.235. The molecule has 0 fully saturated rings. The molecule has 0 heterocycles. The van der Waals surface area contributed by atoms with Crippen LogP contribution in [0.4, 0.5) is 18.9 Å². The second-order valence-electron chi connectivity index (χ2n) is 4.96. The van der Waals surface area contributed by atoms with Crippen LogP contribution in [-0.2, 0) is 6.18 Å². The third-order valence-electron chi connectivity index (χ3n) is 3.18. The summed E-state index contributed by atoms with van der Waals surface area (Å²) in [5.74, 6) is 1.25. The van der Waals surface area contributed by atoms with Crippen molar-refractivity contribution in [1.82, 2.24) is 5.32 Å². The molecule has 2 N–H and O–H groups in total. The molecule has 4 nitrogen and oxygen atoms in total. The quantitative estimate of drug-likeness (QED) is 0.593. The zero-order chi connectivity index (χ0) is 18.3. The van der Waals surface area contributed by atoms with Crippen LogP contribution in [0.2, 0.25) is 0 Å². The van der Waals surface area contributed by atoms with Gasteiger partial charge in [0.15, 0.2) is 16.6 Å². The van der Waals surface area contributed by atoms with Gasteiger partial charge >= 0.3 is 6.18 Å². The molecule has 0 amide bonds. The number of ether oxygens (including phenoxy) is 2. The molecule has 0 aliphatic heterocycles. The van der Waals surface area contributed by atoms with Crippen molar-refractivity contribution in [3.8, 4) is 11.5 Å². The lowest BCUT2D eigenvalue weighted by Gasteiger charge is -2.13. The molecule has 0 aliphatic rings. The first kappa shape index (κ1) is 18.9. The summed E-state index contributed by atoms with van der Waals surface area (Å²) in [6.07, 6.45) is -4.35. The van der Waals surface area contributed by atoms with E-state index in [1.165, 1.54) is 12.1 Å². The first-order chi connectivity index (χ1) is 11.9. The van der Waals surface area contributed by atoms with Crippen LogP contribution in [0.25, 0.3) is 0 Å². The number of halogens is 3. The Bertz CT molecular complexity index is 706. The van der Waals surface area contributed by atoms with E-state index < -0.39 is 11.7 Å². The number of para-hydroxylation sites is 2. The Labute approximate surface area is 148 Å². The van der Waals surface area contributed by atoms with Gasteiger partial charge in [0.05, 0.1) is 19.2 Å². The maximum Gasteiger partial charge on any atom is 0.416 e. The Kier molecular flexibility index (Phi) is 6.46. The van der Waals surface area contributed by atoms with E-state index in [-0.39, 0.29) is 0 Å². The van der Waals surface area contributed by atoms with Crippen molar-refractivity contribution in [2.24, 2.45) is 0 Å². The largest absolute Gasteiger partial charge is 0.493 e. The summed E-state index contributed by atoms with van der Waals surface area (Å²) in [6, 6.07) is 11.9. The number of alkyl halides is 3. The van der Waals surface area contributed by atoms with Crippen LogP contribution in [-0.4, -0.2) is 25.4 Å². The molecule has 25 heavy (non-hydrogen) atoms. The van der Waals surface area contributed by atoms with Gasteiger partial charge in [-0.1, -0.05) is 12.1 Å². The normalized spacial score (nSPS) is 10.9. The predicted molar refractivity (Wildman–Crippen MR) is 94.2 cm³/mol. The minimum absolute atomic E-state index is 0.295. The zero-order valence-electron chi connectivity index (χ0n) is 13.4. The van der Waals surface area contributed by atoms with Crippen LogP contribution in [0.15, 0.2) is 48.5 Å². The molecule has 8 heteroatoms. The molecule has 0 radical (unpaired) electrons. The topological polar surface area (TPSA) is 42.5 Å². The SMILES string of the molecule is COc1ccccc1OCCNC(=S)Nc1ccc(C(F)(F)F)cc1. The Morgan fingerprint density at radius 1 is 1.04 bits per heavy atom. The number of anilines is 1. The lowest BCUT2D eigenvalue weighted by atomic mass is 10.2. The summed E-state index contributed by atoms with van der Waals surface area (Å²) in [6.45, 7) is 0.764. The summed E-state index contributed by atoms with van der Waals surface area (Å²) < 4.78 is 48.3. The highest BCUT2D eigenvalue weighted by Gasteiger charge is 2.29. The van der Waals surface area contributed by atoms with E-state index in [0.717, 1.165) is 12.1 Å². The van der Waals surface area contributed by atoms with Gasteiger partial charge in [-0.3, -0.25) is 0 Å². The molecule has 2 aromatic rings. The van der Waals surface area contributed by atoms with Crippen molar-refractivity contribution in [3.05, 3.63) is 54.1 Å². The van der Waals surface area contributed by atoms with Crippen molar-refractivity contribution >= 4 is 23.0 Å². The predicted octanol–water partition coefficient (Wildman–Crippen LogP) is 4.08. The van der Waals surface area contributed by atoms with Gasteiger partial charge in [-0.25, -0.2) is 0 Å². The van der Waals surface area contributed by atoms with Gasteiger partial charge in [0.1, 0.15) is 6.61 Å². The molecule has 134 valence electrons. The molecule has 2 rings (SSSR count). The average molecular weight is 370 g/mol. The first-order valence-electron chi connectivity index (χ1n) is 7.38. The third-order valence-corrected chi connectivity index (χ3v) is 3.43. The molecule has 0 aromatic heterocycles. The number of rotatable bonds is 6. The molecule has 0 saturated heterocycles. The van der Waals surface area contributed by atoms with Gasteiger partial charge < -0.3 is 20.1 Å². The van der Waals surface area contributed by atoms with Crippen LogP contribution in [0.5, 0.6) is 11.5 Å². The van der Waals surface area contributed by atoms with E-state index in [0.29, 0.717) is 35.5 Å². The second kappa shape index (κ2) is 8.57. The van der Waals surface area contributed by atoms with E-state index >= 15 is 0 Å². The Balaban J connectivity index is 1.75. The molecule has 0 saturated carbocycles. The minimum atomic E-state index is -4.35. The second-order valence-corrected chi connectivity index (χ2v) is 5.36. The van der Waals surface area contributed by atoms with E-state index in [1.54, 1.807) is 19.2 Å². The van der Waals surface area contributed by atoms with Crippen LogP contribution in [0.3, 0.4) is 0 Å². The fourth-order valence-electron chi connectivity index (χ4n) is 1.98. The molecule has 0 aliphatic carbocycles. The van der Waals surface area contributed by atoms with E-state index in [9.17, 15) is 13.2 Å². The van der Waals surface area contributed by atoms with Crippen molar-refractivity contribution < 1.29 is 22.6 Å². The monoisotopic (exact) mass is 370 g/mol. The third kappa shape index (κ3) is 5.82. The van der Waals surface area contributed by atoms with Crippen LogP contribution in [0.1, 0.15) is 5.56 Å². The molecule has 0 unspecified atom stereocenters. The maximum absolute atomic E-state index is 12.5. The van der Waals surface area contributed by atoms with E-state index in [1.807, 2.05) is 12.1 Å². The zero-order valence-corrected chi connectivity index (χ0v) is 14.2. The number of hydrogen-bond acceptors (Lipinski definition) is 3. The lowest BCUT2D eigenvalue weighted by Crippen LogP contribution is -2.32. The number of nitrogens with one attached hydrogen (secondary N) is 2. The number of hydrogen-bond donors (Lipinski definition) is 2. The summed E-state index contributed by atoms with van der Waals surface area (Å²) in [5, 5.41) is 6.03. The van der Waals surface area contributed by atoms with Crippen LogP contribution >= 0.6 is 12.2 Å². The smallest absolute Gasteiger partial charge is 0.416 e. The van der Waals surface area contributed by atoms with E-state index in [4.69, 9.17) is 21.7 Å². The van der Waals surface area contributed by atoms with Crippen molar-refractivity contribution in [1.29, 1.82) is 0 Å². The van der Waals surface area contributed by atoms with Gasteiger partial charge in [0, 0.05) is 5.69 Å². The Hall–Kier alpha value is -2.48. The number of thiocarbonyl (C=S) groups is 1. The Morgan fingerprint density at radius 2 is 1.68 bits per heavy atom. The Morgan fingerprint density at radius 3 is 2.28 bits per heavy atom. The lowest BCUT2D eigenvalue weighted by molar-refractivity contribution is -0.137. The standard InChI is InChI=1S/C17H17F3N2O2S/c1-23-14-4-2-3-5-15(14)24-11-10-21-16(25)22-13-8-6-12(7-9-13)17(18,19)20/h2-9H,10-11H2,1H3,(H2,21,22,25). The molecule has 0 bridgehead atoms. The summed E-state index contributed by atoms with van der Waals surface area (Å²) >= 11 is 5.10. The summed E-state index contributed by atoms with van der Waals surface area (Å²) in [4.78, 5) is 0. The summed E-state index contributed by atoms with van der Waals surface area (Å²) in [7, 11) is 1.56. The first-order valence-corrected chi connectivity index (χ1v) is 7.79. The highest BCUT2D eigenvalue weighted by molar-refractivity contribution is 7.80. The molecule has 2 aromatic carbocycles. The molecule has 0 spiro atoms. The molecular weight excluding hydrogens is 353 g/mol. The van der Waals surface area contributed by atoms with Gasteiger partial charge in [-0.05, 0) is 48.6 Å². The molecular formula is C17H17F3N2O2S. The highest BCUT2D eigenvalue weighted by atomic mass is 32.1. The van der Waals surface area contributed by atoms with Crippen LogP contribution in [0, 0.1) is 0 Å².